The first-order valence-electron chi connectivity index (χ1n) is 9.89. The first-order valence-corrected chi connectivity index (χ1v) is 9.89. The van der Waals surface area contributed by atoms with Crippen LogP contribution in [-0.4, -0.2) is 51.2 Å². The number of carbonyl (C=O) groups excluding carboxylic acids is 2. The lowest BCUT2D eigenvalue weighted by atomic mass is 9.85. The number of nitrogens with one attached hydrogen (secondary N) is 1. The van der Waals surface area contributed by atoms with Crippen molar-refractivity contribution in [2.75, 3.05) is 19.6 Å². The molecule has 1 aromatic heterocycles. The van der Waals surface area contributed by atoms with Crippen molar-refractivity contribution in [2.24, 2.45) is 11.8 Å². The van der Waals surface area contributed by atoms with Crippen LogP contribution in [0, 0.1) is 17.7 Å². The largest absolute Gasteiger partial charge is 0.348 e. The second-order valence-electron chi connectivity index (χ2n) is 8.31. The second kappa shape index (κ2) is 6.15. The van der Waals surface area contributed by atoms with E-state index in [9.17, 15) is 14.0 Å². The number of hydrogen-bond acceptors (Lipinski definition) is 3. The van der Waals surface area contributed by atoms with Gasteiger partial charge in [-0.05, 0) is 37.0 Å². The van der Waals surface area contributed by atoms with Crippen molar-refractivity contribution in [3.05, 3.63) is 53.4 Å². The molecule has 1 spiro atoms. The van der Waals surface area contributed by atoms with E-state index in [1.54, 1.807) is 23.4 Å². The van der Waals surface area contributed by atoms with Crippen LogP contribution in [0.3, 0.4) is 0 Å². The molecule has 2 amide bonds. The molecule has 1 aromatic carbocycles. The molecular formula is C21H23FN4O2. The lowest BCUT2D eigenvalue weighted by Crippen LogP contribution is -2.56. The summed E-state index contributed by atoms with van der Waals surface area (Å²) in [4.78, 5) is 37.6. The number of aromatic nitrogens is 2. The number of halogens is 1. The lowest BCUT2D eigenvalue weighted by Gasteiger charge is -2.44. The van der Waals surface area contributed by atoms with E-state index in [1.165, 1.54) is 12.1 Å². The number of nitrogens with zero attached hydrogens (tertiary/aromatic N) is 3. The smallest absolute Gasteiger partial charge is 0.254 e. The van der Waals surface area contributed by atoms with Crippen LogP contribution in [0.2, 0.25) is 0 Å². The molecule has 146 valence electrons. The summed E-state index contributed by atoms with van der Waals surface area (Å²) < 4.78 is 13.6. The fraction of sp³-hybridized carbons (Fsp3) is 0.476. The summed E-state index contributed by atoms with van der Waals surface area (Å²) in [7, 11) is 0. The fourth-order valence-electron chi connectivity index (χ4n) is 4.85. The van der Waals surface area contributed by atoms with Gasteiger partial charge < -0.3 is 14.8 Å². The molecule has 1 aliphatic carbocycles. The molecule has 5 rings (SSSR count). The molecule has 1 N–H and O–H groups in total. The van der Waals surface area contributed by atoms with Crippen molar-refractivity contribution in [3.63, 3.8) is 0 Å². The third-order valence-electron chi connectivity index (χ3n) is 6.56. The van der Waals surface area contributed by atoms with Gasteiger partial charge in [-0.3, -0.25) is 9.59 Å². The van der Waals surface area contributed by atoms with Crippen LogP contribution in [0.5, 0.6) is 0 Å². The van der Waals surface area contributed by atoms with Crippen LogP contribution in [0.4, 0.5) is 4.39 Å². The standard InChI is InChI=1S/C21H23FN4O2/c1-13-9-16(13)20(28)26-7-5-17-18(24-12-23-17)21(26)6-8-25(11-21)19(27)14-3-2-4-15(22)10-14/h2-4,10,12-13,16H,5-9,11H2,1H3,(H,23,24)/t13-,16-,21?/m0/s1. The van der Waals surface area contributed by atoms with Crippen LogP contribution in [0.25, 0.3) is 0 Å². The maximum atomic E-state index is 13.6. The molecule has 3 aliphatic rings. The van der Waals surface area contributed by atoms with E-state index in [0.717, 1.165) is 24.2 Å². The Bertz CT molecular complexity index is 957. The highest BCUT2D eigenvalue weighted by molar-refractivity contribution is 5.94. The lowest BCUT2D eigenvalue weighted by molar-refractivity contribution is -0.140. The summed E-state index contributed by atoms with van der Waals surface area (Å²) >= 11 is 0. The van der Waals surface area contributed by atoms with Gasteiger partial charge in [0.1, 0.15) is 11.4 Å². The zero-order valence-corrected chi connectivity index (χ0v) is 15.8. The van der Waals surface area contributed by atoms with Gasteiger partial charge in [0.05, 0.1) is 18.6 Å². The van der Waals surface area contributed by atoms with Crippen LogP contribution in [0.15, 0.2) is 30.6 Å². The van der Waals surface area contributed by atoms with Crippen molar-refractivity contribution in [1.29, 1.82) is 0 Å². The van der Waals surface area contributed by atoms with Gasteiger partial charge in [-0.15, -0.1) is 0 Å². The number of fused-ring (bicyclic) bond motifs is 2. The second-order valence-corrected chi connectivity index (χ2v) is 8.31. The molecule has 2 aliphatic heterocycles. The Morgan fingerprint density at radius 3 is 2.89 bits per heavy atom. The first-order chi connectivity index (χ1) is 13.5. The minimum atomic E-state index is -0.587. The van der Waals surface area contributed by atoms with E-state index in [2.05, 4.69) is 16.9 Å². The average Bonchev–Trinajstić information content (AvgIpc) is 3.09. The molecule has 2 fully saturated rings. The Morgan fingerprint density at radius 1 is 1.32 bits per heavy atom. The topological polar surface area (TPSA) is 69.3 Å². The number of H-pyrrole nitrogens is 1. The zero-order chi connectivity index (χ0) is 19.5. The number of carbonyl (C=O) groups is 2. The Balaban J connectivity index is 1.48. The number of rotatable bonds is 2. The summed E-state index contributed by atoms with van der Waals surface area (Å²) in [6, 6.07) is 5.77. The summed E-state index contributed by atoms with van der Waals surface area (Å²) in [6.45, 7) is 3.66. The predicted molar refractivity (Wildman–Crippen MR) is 99.9 cm³/mol. The summed E-state index contributed by atoms with van der Waals surface area (Å²) in [5.74, 6) is 0.0702. The maximum Gasteiger partial charge on any atom is 0.254 e. The number of benzene rings is 1. The molecule has 0 radical (unpaired) electrons. The van der Waals surface area contributed by atoms with E-state index in [0.29, 0.717) is 37.5 Å². The molecule has 0 bridgehead atoms. The van der Waals surface area contributed by atoms with E-state index < -0.39 is 11.4 Å². The highest BCUT2D eigenvalue weighted by Crippen LogP contribution is 2.46. The zero-order valence-electron chi connectivity index (χ0n) is 15.8. The van der Waals surface area contributed by atoms with Crippen LogP contribution in [0.1, 0.15) is 41.5 Å². The van der Waals surface area contributed by atoms with E-state index in [4.69, 9.17) is 0 Å². The van der Waals surface area contributed by atoms with Crippen molar-refractivity contribution in [2.45, 2.75) is 31.7 Å². The van der Waals surface area contributed by atoms with E-state index >= 15 is 0 Å². The van der Waals surface area contributed by atoms with Gasteiger partial charge in [0.25, 0.3) is 5.91 Å². The monoisotopic (exact) mass is 382 g/mol. The molecule has 28 heavy (non-hydrogen) atoms. The molecule has 1 saturated carbocycles. The van der Waals surface area contributed by atoms with Crippen molar-refractivity contribution < 1.29 is 14.0 Å². The maximum absolute atomic E-state index is 13.6. The van der Waals surface area contributed by atoms with Gasteiger partial charge >= 0.3 is 0 Å². The predicted octanol–water partition coefficient (Wildman–Crippen LogP) is 2.33. The molecule has 1 unspecified atom stereocenters. The van der Waals surface area contributed by atoms with Crippen molar-refractivity contribution in [3.8, 4) is 0 Å². The third kappa shape index (κ3) is 2.56. The van der Waals surface area contributed by atoms with Gasteiger partial charge in [-0.1, -0.05) is 13.0 Å². The average molecular weight is 382 g/mol. The van der Waals surface area contributed by atoms with Gasteiger partial charge in [-0.2, -0.15) is 0 Å². The number of hydrogen-bond donors (Lipinski definition) is 1. The number of likely N-dealkylation sites (tertiary alicyclic amines) is 1. The van der Waals surface area contributed by atoms with E-state index in [-0.39, 0.29) is 17.7 Å². The van der Waals surface area contributed by atoms with Gasteiger partial charge in [0.15, 0.2) is 0 Å². The first kappa shape index (κ1) is 17.4. The number of amides is 2. The van der Waals surface area contributed by atoms with Gasteiger partial charge in [0, 0.05) is 36.7 Å². The number of imidazole rings is 1. The SMILES string of the molecule is C[C@H]1C[C@@H]1C(=O)N1CCc2[nH]cnc2C12CCN(C(=O)c1cccc(F)c1)C2. The Morgan fingerprint density at radius 2 is 2.14 bits per heavy atom. The van der Waals surface area contributed by atoms with E-state index in [1.807, 2.05) is 4.90 Å². The number of aromatic amines is 1. The summed E-state index contributed by atoms with van der Waals surface area (Å²) in [5, 5.41) is 0. The highest BCUT2D eigenvalue weighted by Gasteiger charge is 2.55. The molecule has 1 saturated heterocycles. The van der Waals surface area contributed by atoms with Crippen molar-refractivity contribution >= 4 is 11.8 Å². The van der Waals surface area contributed by atoms with Crippen LogP contribution < -0.4 is 0 Å². The molecule has 3 atom stereocenters. The highest BCUT2D eigenvalue weighted by atomic mass is 19.1. The minimum Gasteiger partial charge on any atom is -0.348 e. The van der Waals surface area contributed by atoms with Crippen LogP contribution in [-0.2, 0) is 16.8 Å². The fourth-order valence-corrected chi connectivity index (χ4v) is 4.85. The molecule has 6 nitrogen and oxygen atoms in total. The molecule has 2 aromatic rings. The Kier molecular flexibility index (Phi) is 3.82. The quantitative estimate of drug-likeness (QED) is 0.867. The van der Waals surface area contributed by atoms with Crippen molar-refractivity contribution in [1.82, 2.24) is 19.8 Å². The minimum absolute atomic E-state index is 0.0883. The van der Waals surface area contributed by atoms with Gasteiger partial charge in [0.2, 0.25) is 5.91 Å². The summed E-state index contributed by atoms with van der Waals surface area (Å²) in [5.41, 5.74) is 1.68. The van der Waals surface area contributed by atoms with Gasteiger partial charge in [-0.25, -0.2) is 9.37 Å². The normalized spacial score (nSPS) is 28.5. The Hall–Kier alpha value is -2.70. The molecule has 3 heterocycles. The Labute approximate surface area is 162 Å². The third-order valence-corrected chi connectivity index (χ3v) is 6.56. The molecule has 7 heteroatoms. The van der Waals surface area contributed by atoms with Crippen LogP contribution >= 0.6 is 0 Å². The summed E-state index contributed by atoms with van der Waals surface area (Å²) in [6.07, 6.45) is 4.02. The molecular weight excluding hydrogens is 359 g/mol.